The van der Waals surface area contributed by atoms with Gasteiger partial charge in [-0.15, -0.1) is 0 Å². The predicted molar refractivity (Wildman–Crippen MR) is 74.6 cm³/mol. The monoisotopic (exact) mass is 314 g/mol. The molecular weight excluding hydrogens is 302 g/mol. The molecule has 0 fully saturated rings. The van der Waals surface area contributed by atoms with E-state index in [0.717, 1.165) is 6.07 Å². The van der Waals surface area contributed by atoms with E-state index in [-0.39, 0.29) is 29.5 Å². The van der Waals surface area contributed by atoms with Crippen LogP contribution in [0, 0.1) is 11.6 Å². The zero-order chi connectivity index (χ0) is 15.4. The molecule has 0 amide bonds. The quantitative estimate of drug-likeness (QED) is 0.914. The molecule has 0 bridgehead atoms. The first-order valence-corrected chi connectivity index (χ1v) is 6.47. The summed E-state index contributed by atoms with van der Waals surface area (Å²) < 4.78 is 37.2. The molecule has 0 unspecified atom stereocenters. The number of benzene rings is 2. The molecule has 0 aliphatic carbocycles. The summed E-state index contributed by atoms with van der Waals surface area (Å²) in [6, 6.07) is 6.92. The number of aliphatic hydroxyl groups excluding tert-OH is 1. The van der Waals surface area contributed by atoms with Crippen LogP contribution in [0.3, 0.4) is 0 Å². The van der Waals surface area contributed by atoms with Crippen LogP contribution >= 0.6 is 11.6 Å². The largest absolute Gasteiger partial charge is 0.493 e. The van der Waals surface area contributed by atoms with Gasteiger partial charge in [0.25, 0.3) is 0 Å². The Labute approximate surface area is 125 Å². The number of ether oxygens (including phenoxy) is 2. The molecule has 0 heterocycles. The van der Waals surface area contributed by atoms with Crippen molar-refractivity contribution in [3.8, 4) is 11.5 Å². The van der Waals surface area contributed by atoms with E-state index in [1.54, 1.807) is 6.07 Å². The zero-order valence-electron chi connectivity index (χ0n) is 11.2. The van der Waals surface area contributed by atoms with Gasteiger partial charge in [0.05, 0.1) is 18.7 Å². The first-order valence-electron chi connectivity index (χ1n) is 6.09. The molecule has 0 aliphatic heterocycles. The van der Waals surface area contributed by atoms with Crippen molar-refractivity contribution < 1.29 is 23.4 Å². The van der Waals surface area contributed by atoms with Crippen molar-refractivity contribution in [3.05, 3.63) is 58.1 Å². The van der Waals surface area contributed by atoms with Gasteiger partial charge in [-0.2, -0.15) is 0 Å². The maximum atomic E-state index is 13.6. The van der Waals surface area contributed by atoms with E-state index in [9.17, 15) is 8.78 Å². The Bertz CT molecular complexity index is 647. The van der Waals surface area contributed by atoms with E-state index in [0.29, 0.717) is 11.3 Å². The highest BCUT2D eigenvalue weighted by molar-refractivity contribution is 6.32. The second kappa shape index (κ2) is 6.74. The van der Waals surface area contributed by atoms with Gasteiger partial charge in [-0.1, -0.05) is 23.7 Å². The molecule has 0 saturated carbocycles. The third-order valence-corrected chi connectivity index (χ3v) is 3.16. The number of hydrogen-bond donors (Lipinski definition) is 1. The van der Waals surface area contributed by atoms with Crippen molar-refractivity contribution in [2.24, 2.45) is 0 Å². The molecule has 0 atom stereocenters. The number of rotatable bonds is 5. The molecule has 2 rings (SSSR count). The van der Waals surface area contributed by atoms with Crippen molar-refractivity contribution in [1.82, 2.24) is 0 Å². The first-order chi connectivity index (χ1) is 10.1. The topological polar surface area (TPSA) is 38.7 Å². The summed E-state index contributed by atoms with van der Waals surface area (Å²) in [5.74, 6) is -1.38. The van der Waals surface area contributed by atoms with Gasteiger partial charge >= 0.3 is 0 Å². The second-order valence-electron chi connectivity index (χ2n) is 4.27. The summed E-state index contributed by atoms with van der Waals surface area (Å²) in [6.07, 6.45) is 0. The van der Waals surface area contributed by atoms with E-state index < -0.39 is 11.6 Å². The van der Waals surface area contributed by atoms with Gasteiger partial charge in [-0.3, -0.25) is 0 Å². The lowest BCUT2D eigenvalue weighted by Gasteiger charge is -2.14. The molecule has 0 aliphatic rings. The predicted octanol–water partition coefficient (Wildman–Crippen LogP) is 3.70. The molecule has 6 heteroatoms. The van der Waals surface area contributed by atoms with Crippen molar-refractivity contribution in [3.63, 3.8) is 0 Å². The number of hydrogen-bond acceptors (Lipinski definition) is 3. The molecular formula is C15H13ClF2O3. The number of halogens is 3. The summed E-state index contributed by atoms with van der Waals surface area (Å²) in [7, 11) is 1.42. The maximum Gasteiger partial charge on any atom is 0.180 e. The Kier molecular flexibility index (Phi) is 4.98. The van der Waals surface area contributed by atoms with E-state index >= 15 is 0 Å². The van der Waals surface area contributed by atoms with Crippen LogP contribution in [0.2, 0.25) is 5.02 Å². The fourth-order valence-electron chi connectivity index (χ4n) is 1.81. The summed E-state index contributed by atoms with van der Waals surface area (Å²) in [6.45, 7) is -0.396. The Morgan fingerprint density at radius 1 is 1.24 bits per heavy atom. The van der Waals surface area contributed by atoms with Crippen LogP contribution in [0.25, 0.3) is 0 Å². The third kappa shape index (κ3) is 3.43. The highest BCUT2D eigenvalue weighted by Gasteiger charge is 2.14. The minimum Gasteiger partial charge on any atom is -0.493 e. The fourth-order valence-corrected chi connectivity index (χ4v) is 2.10. The van der Waals surface area contributed by atoms with E-state index in [1.807, 2.05) is 0 Å². The van der Waals surface area contributed by atoms with E-state index in [1.165, 1.54) is 25.3 Å². The minimum absolute atomic E-state index is 0.0688. The summed E-state index contributed by atoms with van der Waals surface area (Å²) in [4.78, 5) is 0. The molecule has 2 aromatic rings. The Morgan fingerprint density at radius 2 is 2.00 bits per heavy atom. The summed E-state index contributed by atoms with van der Waals surface area (Å²) in [5, 5.41) is 9.32. The van der Waals surface area contributed by atoms with Gasteiger partial charge in [-0.05, 0) is 23.8 Å². The average molecular weight is 315 g/mol. The van der Waals surface area contributed by atoms with Gasteiger partial charge in [0.15, 0.2) is 23.1 Å². The minimum atomic E-state index is -0.959. The smallest absolute Gasteiger partial charge is 0.180 e. The molecule has 1 N–H and O–H groups in total. The molecule has 0 spiro atoms. The molecule has 21 heavy (non-hydrogen) atoms. The fraction of sp³-hybridized carbons (Fsp3) is 0.200. The molecule has 0 aromatic heterocycles. The van der Waals surface area contributed by atoms with Crippen molar-refractivity contribution in [2.45, 2.75) is 13.2 Å². The van der Waals surface area contributed by atoms with Crippen LogP contribution in [0.15, 0.2) is 30.3 Å². The standard InChI is InChI=1S/C15H13ClF2O3/c1-20-13-6-9(7-19)5-11(16)15(13)21-8-10-3-2-4-12(17)14(10)18/h2-6,19H,7-8H2,1H3. The van der Waals surface area contributed by atoms with Crippen LogP contribution in [-0.2, 0) is 13.2 Å². The Balaban J connectivity index is 2.25. The van der Waals surface area contributed by atoms with Crippen molar-refractivity contribution >= 4 is 11.6 Å². The van der Waals surface area contributed by atoms with Gasteiger partial charge in [0.2, 0.25) is 0 Å². The average Bonchev–Trinajstić information content (AvgIpc) is 2.49. The summed E-state index contributed by atoms with van der Waals surface area (Å²) >= 11 is 6.05. The van der Waals surface area contributed by atoms with Gasteiger partial charge in [0, 0.05) is 5.56 Å². The van der Waals surface area contributed by atoms with Gasteiger partial charge in [-0.25, -0.2) is 8.78 Å². The first kappa shape index (κ1) is 15.5. The van der Waals surface area contributed by atoms with E-state index in [2.05, 4.69) is 0 Å². The van der Waals surface area contributed by atoms with Crippen LogP contribution in [-0.4, -0.2) is 12.2 Å². The Hall–Kier alpha value is -1.85. The normalized spacial score (nSPS) is 10.5. The zero-order valence-corrected chi connectivity index (χ0v) is 12.0. The van der Waals surface area contributed by atoms with Gasteiger partial charge < -0.3 is 14.6 Å². The lowest BCUT2D eigenvalue weighted by molar-refractivity contribution is 0.271. The lowest BCUT2D eigenvalue weighted by atomic mass is 10.2. The molecule has 0 radical (unpaired) electrons. The lowest BCUT2D eigenvalue weighted by Crippen LogP contribution is -2.02. The molecule has 2 aromatic carbocycles. The summed E-state index contributed by atoms with van der Waals surface area (Å²) in [5.41, 5.74) is 0.625. The molecule has 3 nitrogen and oxygen atoms in total. The number of methoxy groups -OCH3 is 1. The number of aliphatic hydroxyl groups is 1. The second-order valence-corrected chi connectivity index (χ2v) is 4.68. The van der Waals surface area contributed by atoms with E-state index in [4.69, 9.17) is 26.2 Å². The van der Waals surface area contributed by atoms with Crippen LogP contribution < -0.4 is 9.47 Å². The Morgan fingerprint density at radius 3 is 2.67 bits per heavy atom. The van der Waals surface area contributed by atoms with Crippen LogP contribution in [0.5, 0.6) is 11.5 Å². The van der Waals surface area contributed by atoms with Gasteiger partial charge in [0.1, 0.15) is 6.61 Å². The SMILES string of the molecule is COc1cc(CO)cc(Cl)c1OCc1cccc(F)c1F. The van der Waals surface area contributed by atoms with Crippen LogP contribution in [0.4, 0.5) is 8.78 Å². The highest BCUT2D eigenvalue weighted by Crippen LogP contribution is 2.37. The molecule has 112 valence electrons. The van der Waals surface area contributed by atoms with Crippen molar-refractivity contribution in [2.75, 3.05) is 7.11 Å². The van der Waals surface area contributed by atoms with Crippen LogP contribution in [0.1, 0.15) is 11.1 Å². The van der Waals surface area contributed by atoms with Crippen molar-refractivity contribution in [1.29, 1.82) is 0 Å². The maximum absolute atomic E-state index is 13.6. The highest BCUT2D eigenvalue weighted by atomic mass is 35.5. The molecule has 0 saturated heterocycles. The third-order valence-electron chi connectivity index (χ3n) is 2.88.